The van der Waals surface area contributed by atoms with Crippen LogP contribution in [0.4, 0.5) is 0 Å². The second-order valence-corrected chi connectivity index (χ2v) is 3.06. The summed E-state index contributed by atoms with van der Waals surface area (Å²) in [5, 5.41) is 3.45. The van der Waals surface area contributed by atoms with Crippen LogP contribution in [0, 0.1) is 0 Å². The number of nitrogens with one attached hydrogen (secondary N) is 1. The van der Waals surface area contributed by atoms with Crippen molar-refractivity contribution in [1.29, 1.82) is 0 Å². The molecular formula is C7H18Cl2N2. The Morgan fingerprint density at radius 3 is 2.36 bits per heavy atom. The maximum absolute atomic E-state index is 3.45. The molecule has 1 atom stereocenters. The second-order valence-electron chi connectivity index (χ2n) is 3.06. The number of hydrogen-bond acceptors (Lipinski definition) is 2. The monoisotopic (exact) mass is 200 g/mol. The Bertz CT molecular complexity index is 82.5. The lowest BCUT2D eigenvalue weighted by atomic mass is 10.2. The first kappa shape index (κ1) is 14.0. The highest BCUT2D eigenvalue weighted by Gasteiger charge is 2.13. The van der Waals surface area contributed by atoms with E-state index in [0.29, 0.717) is 0 Å². The van der Waals surface area contributed by atoms with Gasteiger partial charge in [-0.2, -0.15) is 0 Å². The van der Waals surface area contributed by atoms with E-state index in [9.17, 15) is 0 Å². The summed E-state index contributed by atoms with van der Waals surface area (Å²) in [5.74, 6) is 0. The average Bonchev–Trinajstić information content (AvgIpc) is 2.15. The zero-order valence-electron chi connectivity index (χ0n) is 7.17. The van der Waals surface area contributed by atoms with Crippen LogP contribution in [0.25, 0.3) is 0 Å². The van der Waals surface area contributed by atoms with E-state index >= 15 is 0 Å². The molecule has 1 aliphatic rings. The summed E-state index contributed by atoms with van der Waals surface area (Å²) in [4.78, 5) is 2.24. The Morgan fingerprint density at radius 1 is 1.36 bits per heavy atom. The summed E-state index contributed by atoms with van der Waals surface area (Å²) >= 11 is 0. The summed E-state index contributed by atoms with van der Waals surface area (Å²) < 4.78 is 0. The van der Waals surface area contributed by atoms with Crippen LogP contribution in [0.2, 0.25) is 0 Å². The predicted molar refractivity (Wildman–Crippen MR) is 54.1 cm³/mol. The molecule has 0 amide bonds. The summed E-state index contributed by atoms with van der Waals surface area (Å²) in [6.45, 7) is 2.42. The Kier molecular flexibility index (Phi) is 9.15. The average molecular weight is 201 g/mol. The molecule has 1 N–H and O–H groups in total. The van der Waals surface area contributed by atoms with Gasteiger partial charge in [-0.15, -0.1) is 24.8 Å². The molecule has 2 nitrogen and oxygen atoms in total. The van der Waals surface area contributed by atoms with Gasteiger partial charge >= 0.3 is 0 Å². The van der Waals surface area contributed by atoms with Gasteiger partial charge in [-0.25, -0.2) is 0 Å². The fourth-order valence-electron chi connectivity index (χ4n) is 1.35. The van der Waals surface area contributed by atoms with E-state index in [2.05, 4.69) is 24.3 Å². The molecule has 0 aromatic heterocycles. The molecule has 70 valence electrons. The minimum Gasteiger partial charge on any atom is -0.313 e. The van der Waals surface area contributed by atoms with Crippen molar-refractivity contribution in [2.75, 3.05) is 27.2 Å². The van der Waals surface area contributed by atoms with Crippen molar-refractivity contribution in [2.45, 2.75) is 18.9 Å². The van der Waals surface area contributed by atoms with Crippen LogP contribution in [-0.4, -0.2) is 38.1 Å². The van der Waals surface area contributed by atoms with Crippen LogP contribution >= 0.6 is 24.8 Å². The van der Waals surface area contributed by atoms with Crippen molar-refractivity contribution < 1.29 is 0 Å². The molecule has 1 fully saturated rings. The minimum absolute atomic E-state index is 0. The van der Waals surface area contributed by atoms with Gasteiger partial charge in [0, 0.05) is 12.6 Å². The topological polar surface area (TPSA) is 15.3 Å². The van der Waals surface area contributed by atoms with Gasteiger partial charge in [-0.3, -0.25) is 0 Å². The fraction of sp³-hybridized carbons (Fsp3) is 1.00. The van der Waals surface area contributed by atoms with Crippen molar-refractivity contribution in [2.24, 2.45) is 0 Å². The molecule has 0 aliphatic carbocycles. The van der Waals surface area contributed by atoms with Gasteiger partial charge in [-0.05, 0) is 33.5 Å². The molecule has 1 saturated heterocycles. The Morgan fingerprint density at radius 2 is 2.00 bits per heavy atom. The standard InChI is InChI=1S/C7H16N2.2ClH/c1-9(2)6-7-4-3-5-8-7;;/h7-8H,3-6H2,1-2H3;2*1H/t7-;;/m0../s1. The van der Waals surface area contributed by atoms with Crippen LogP contribution in [0.3, 0.4) is 0 Å². The summed E-state index contributed by atoms with van der Waals surface area (Å²) in [5.41, 5.74) is 0. The zero-order chi connectivity index (χ0) is 6.69. The van der Waals surface area contributed by atoms with E-state index in [-0.39, 0.29) is 24.8 Å². The number of rotatable bonds is 2. The minimum atomic E-state index is 0. The largest absolute Gasteiger partial charge is 0.313 e. The van der Waals surface area contributed by atoms with Crippen LogP contribution in [0.1, 0.15) is 12.8 Å². The van der Waals surface area contributed by atoms with Gasteiger partial charge in [0.25, 0.3) is 0 Å². The van der Waals surface area contributed by atoms with E-state index in [1.165, 1.54) is 25.9 Å². The van der Waals surface area contributed by atoms with Gasteiger partial charge in [0.2, 0.25) is 0 Å². The SMILES string of the molecule is CN(C)C[C@@H]1CCCN1.Cl.Cl. The Hall–Kier alpha value is 0.500. The van der Waals surface area contributed by atoms with Gasteiger partial charge in [0.1, 0.15) is 0 Å². The van der Waals surface area contributed by atoms with Gasteiger partial charge < -0.3 is 10.2 Å². The van der Waals surface area contributed by atoms with Gasteiger partial charge in [0.15, 0.2) is 0 Å². The lowest BCUT2D eigenvalue weighted by Gasteiger charge is -2.15. The van der Waals surface area contributed by atoms with E-state index in [1.54, 1.807) is 0 Å². The molecule has 0 aromatic carbocycles. The molecule has 0 radical (unpaired) electrons. The summed E-state index contributed by atoms with van der Waals surface area (Å²) in [7, 11) is 4.25. The number of likely N-dealkylation sites (N-methyl/N-ethyl adjacent to an activating group) is 1. The summed E-state index contributed by atoms with van der Waals surface area (Å²) in [6.07, 6.45) is 2.72. The molecule has 1 aliphatic heterocycles. The van der Waals surface area contributed by atoms with Gasteiger partial charge in [-0.1, -0.05) is 0 Å². The molecule has 0 saturated carbocycles. The predicted octanol–water partition coefficient (Wildman–Crippen LogP) is 1.14. The van der Waals surface area contributed by atoms with Gasteiger partial charge in [0.05, 0.1) is 0 Å². The normalized spacial score (nSPS) is 22.6. The molecule has 0 aromatic rings. The maximum atomic E-state index is 3.45. The molecule has 0 bridgehead atoms. The van der Waals surface area contributed by atoms with Crippen molar-refractivity contribution >= 4 is 24.8 Å². The molecule has 1 rings (SSSR count). The van der Waals surface area contributed by atoms with Crippen LogP contribution in [-0.2, 0) is 0 Å². The van der Waals surface area contributed by atoms with E-state index in [0.717, 1.165) is 6.04 Å². The molecule has 0 unspecified atom stereocenters. The number of halogens is 2. The molecule has 0 spiro atoms. The second kappa shape index (κ2) is 7.17. The van der Waals surface area contributed by atoms with Crippen molar-refractivity contribution in [3.05, 3.63) is 0 Å². The third kappa shape index (κ3) is 5.74. The van der Waals surface area contributed by atoms with E-state index < -0.39 is 0 Å². The third-order valence-corrected chi connectivity index (χ3v) is 1.75. The molecule has 11 heavy (non-hydrogen) atoms. The van der Waals surface area contributed by atoms with Crippen LogP contribution in [0.15, 0.2) is 0 Å². The smallest absolute Gasteiger partial charge is 0.0195 e. The summed E-state index contributed by atoms with van der Waals surface area (Å²) in [6, 6.07) is 0.764. The van der Waals surface area contributed by atoms with E-state index in [1.807, 2.05) is 0 Å². The lowest BCUT2D eigenvalue weighted by molar-refractivity contribution is 0.357. The zero-order valence-corrected chi connectivity index (χ0v) is 8.80. The Labute approximate surface area is 81.5 Å². The molecule has 4 heteroatoms. The number of nitrogens with zero attached hydrogens (tertiary/aromatic N) is 1. The van der Waals surface area contributed by atoms with Crippen molar-refractivity contribution in [3.8, 4) is 0 Å². The highest BCUT2D eigenvalue weighted by molar-refractivity contribution is 5.85. The third-order valence-electron chi connectivity index (χ3n) is 1.75. The Balaban J connectivity index is 0. The molecular weight excluding hydrogens is 183 g/mol. The first-order chi connectivity index (χ1) is 4.29. The highest BCUT2D eigenvalue weighted by Crippen LogP contribution is 2.04. The lowest BCUT2D eigenvalue weighted by Crippen LogP contribution is -2.33. The van der Waals surface area contributed by atoms with E-state index in [4.69, 9.17) is 0 Å². The fourth-order valence-corrected chi connectivity index (χ4v) is 1.35. The van der Waals surface area contributed by atoms with Crippen molar-refractivity contribution in [3.63, 3.8) is 0 Å². The molecule has 1 heterocycles. The maximum Gasteiger partial charge on any atom is 0.0195 e. The number of hydrogen-bond donors (Lipinski definition) is 1. The first-order valence-electron chi connectivity index (χ1n) is 3.67. The quantitative estimate of drug-likeness (QED) is 0.720. The highest BCUT2D eigenvalue weighted by atomic mass is 35.5. The van der Waals surface area contributed by atoms with Crippen LogP contribution in [0.5, 0.6) is 0 Å². The van der Waals surface area contributed by atoms with Crippen LogP contribution < -0.4 is 5.32 Å². The first-order valence-corrected chi connectivity index (χ1v) is 3.67. The van der Waals surface area contributed by atoms with Crippen molar-refractivity contribution in [1.82, 2.24) is 10.2 Å².